The van der Waals surface area contributed by atoms with Gasteiger partial charge in [0.15, 0.2) is 0 Å². The second-order valence-electron chi connectivity index (χ2n) is 7.54. The van der Waals surface area contributed by atoms with E-state index in [4.69, 9.17) is 5.73 Å². The fourth-order valence-electron chi connectivity index (χ4n) is 3.45. The van der Waals surface area contributed by atoms with Crippen LogP contribution in [0.5, 0.6) is 0 Å². The van der Waals surface area contributed by atoms with E-state index in [1.165, 1.54) is 83.5 Å². The van der Waals surface area contributed by atoms with Crippen molar-refractivity contribution in [3.63, 3.8) is 0 Å². The Kier molecular flexibility index (Phi) is 14.8. The van der Waals surface area contributed by atoms with Crippen LogP contribution >= 0.6 is 0 Å². The SMILES string of the molecule is CCCCCCCCCCCCCCC=CCC1=NC(CCN)CN1. The number of nitrogens with two attached hydrogens (primary N) is 1. The third kappa shape index (κ3) is 13.1. The summed E-state index contributed by atoms with van der Waals surface area (Å²) in [4.78, 5) is 4.66. The van der Waals surface area contributed by atoms with E-state index in [1.54, 1.807) is 0 Å². The summed E-state index contributed by atoms with van der Waals surface area (Å²) in [6.45, 7) is 3.99. The minimum absolute atomic E-state index is 0.407. The van der Waals surface area contributed by atoms with Gasteiger partial charge in [0.05, 0.1) is 6.04 Å². The lowest BCUT2D eigenvalue weighted by molar-refractivity contribution is 0.545. The molecule has 1 heterocycles. The van der Waals surface area contributed by atoms with Crippen molar-refractivity contribution in [3.05, 3.63) is 12.2 Å². The molecule has 0 saturated carbocycles. The fourth-order valence-corrected chi connectivity index (χ4v) is 3.45. The van der Waals surface area contributed by atoms with Crippen LogP contribution in [0, 0.1) is 0 Å². The summed E-state index contributed by atoms with van der Waals surface area (Å²) in [7, 11) is 0. The van der Waals surface area contributed by atoms with Crippen LogP contribution in [-0.4, -0.2) is 25.0 Å². The summed E-state index contributed by atoms with van der Waals surface area (Å²) in [5.74, 6) is 1.14. The third-order valence-corrected chi connectivity index (χ3v) is 5.08. The molecule has 0 aliphatic carbocycles. The van der Waals surface area contributed by atoms with Crippen molar-refractivity contribution in [1.29, 1.82) is 0 Å². The summed E-state index contributed by atoms with van der Waals surface area (Å²) in [5.41, 5.74) is 5.58. The zero-order chi connectivity index (χ0) is 18.0. The van der Waals surface area contributed by atoms with E-state index in [2.05, 4.69) is 29.4 Å². The van der Waals surface area contributed by atoms with Gasteiger partial charge in [-0.25, -0.2) is 0 Å². The molecule has 0 aromatic heterocycles. The highest BCUT2D eigenvalue weighted by atomic mass is 15.1. The Bertz CT molecular complexity index is 349. The van der Waals surface area contributed by atoms with Crippen LogP contribution in [0.4, 0.5) is 0 Å². The molecule has 1 unspecified atom stereocenters. The maximum absolute atomic E-state index is 5.58. The topological polar surface area (TPSA) is 50.4 Å². The van der Waals surface area contributed by atoms with E-state index in [0.29, 0.717) is 6.04 Å². The predicted octanol–water partition coefficient (Wildman–Crippen LogP) is 5.74. The average Bonchev–Trinajstić information content (AvgIpc) is 3.06. The van der Waals surface area contributed by atoms with Gasteiger partial charge in [-0.05, 0) is 25.8 Å². The van der Waals surface area contributed by atoms with E-state index in [9.17, 15) is 0 Å². The van der Waals surface area contributed by atoms with Gasteiger partial charge in [0, 0.05) is 13.0 Å². The summed E-state index contributed by atoms with van der Waals surface area (Å²) in [6, 6.07) is 0.407. The van der Waals surface area contributed by atoms with Gasteiger partial charge in [0.1, 0.15) is 5.84 Å². The zero-order valence-electron chi connectivity index (χ0n) is 16.8. The van der Waals surface area contributed by atoms with Crippen LogP contribution in [0.3, 0.4) is 0 Å². The summed E-state index contributed by atoms with van der Waals surface area (Å²) >= 11 is 0. The van der Waals surface area contributed by atoms with Crippen molar-refractivity contribution in [3.8, 4) is 0 Å². The monoisotopic (exact) mass is 349 g/mol. The first-order valence-corrected chi connectivity index (χ1v) is 11.0. The molecule has 1 aliphatic rings. The van der Waals surface area contributed by atoms with Gasteiger partial charge in [0.2, 0.25) is 0 Å². The lowest BCUT2D eigenvalue weighted by Crippen LogP contribution is -2.21. The van der Waals surface area contributed by atoms with Crippen LogP contribution in [0.25, 0.3) is 0 Å². The fraction of sp³-hybridized carbons (Fsp3) is 0.864. The second kappa shape index (κ2) is 16.6. The predicted molar refractivity (Wildman–Crippen MR) is 112 cm³/mol. The zero-order valence-corrected chi connectivity index (χ0v) is 16.8. The summed E-state index contributed by atoms with van der Waals surface area (Å²) in [6.07, 6.45) is 24.8. The van der Waals surface area contributed by atoms with Crippen LogP contribution in [0.1, 0.15) is 103 Å². The molecule has 0 fully saturated rings. The molecule has 1 rings (SSSR count). The molecular formula is C22H43N3. The Labute approximate surface area is 156 Å². The molecular weight excluding hydrogens is 306 g/mol. The maximum Gasteiger partial charge on any atom is 0.101 e. The molecule has 1 aliphatic heterocycles. The third-order valence-electron chi connectivity index (χ3n) is 5.08. The number of allylic oxidation sites excluding steroid dienone is 1. The van der Waals surface area contributed by atoms with Gasteiger partial charge in [-0.1, -0.05) is 89.7 Å². The van der Waals surface area contributed by atoms with Crippen LogP contribution in [0.2, 0.25) is 0 Å². The van der Waals surface area contributed by atoms with Crippen molar-refractivity contribution >= 4 is 5.84 Å². The van der Waals surface area contributed by atoms with E-state index in [0.717, 1.165) is 31.8 Å². The number of aliphatic imine (C=N–C) groups is 1. The number of amidine groups is 1. The molecule has 0 aromatic carbocycles. The first-order valence-electron chi connectivity index (χ1n) is 11.0. The molecule has 3 heteroatoms. The number of nitrogens with zero attached hydrogens (tertiary/aromatic N) is 1. The van der Waals surface area contributed by atoms with E-state index in [-0.39, 0.29) is 0 Å². The summed E-state index contributed by atoms with van der Waals surface area (Å²) in [5, 5.41) is 3.38. The molecule has 1 atom stereocenters. The van der Waals surface area contributed by atoms with E-state index >= 15 is 0 Å². The normalized spacial score (nSPS) is 17.2. The van der Waals surface area contributed by atoms with Crippen LogP contribution in [0.15, 0.2) is 17.1 Å². The molecule has 3 nitrogen and oxygen atoms in total. The van der Waals surface area contributed by atoms with E-state index in [1.807, 2.05) is 0 Å². The molecule has 146 valence electrons. The lowest BCUT2D eigenvalue weighted by Gasteiger charge is -2.02. The largest absolute Gasteiger partial charge is 0.371 e. The van der Waals surface area contributed by atoms with Crippen LogP contribution in [-0.2, 0) is 0 Å². The Balaban J connectivity index is 1.81. The maximum atomic E-state index is 5.58. The number of nitrogens with one attached hydrogen (secondary N) is 1. The Morgan fingerprint density at radius 3 is 2.12 bits per heavy atom. The number of hydrogen-bond acceptors (Lipinski definition) is 3. The van der Waals surface area contributed by atoms with Crippen molar-refractivity contribution in [2.45, 2.75) is 109 Å². The van der Waals surface area contributed by atoms with Crippen molar-refractivity contribution in [1.82, 2.24) is 5.32 Å². The second-order valence-corrected chi connectivity index (χ2v) is 7.54. The molecule has 0 aromatic rings. The Morgan fingerprint density at radius 1 is 0.920 bits per heavy atom. The minimum atomic E-state index is 0.407. The smallest absolute Gasteiger partial charge is 0.101 e. The Hall–Kier alpha value is -0.830. The highest BCUT2D eigenvalue weighted by Gasteiger charge is 2.14. The van der Waals surface area contributed by atoms with Crippen LogP contribution < -0.4 is 11.1 Å². The molecule has 25 heavy (non-hydrogen) atoms. The van der Waals surface area contributed by atoms with Gasteiger partial charge in [-0.3, -0.25) is 4.99 Å². The van der Waals surface area contributed by atoms with Gasteiger partial charge in [-0.2, -0.15) is 0 Å². The number of hydrogen-bond donors (Lipinski definition) is 2. The van der Waals surface area contributed by atoms with Gasteiger partial charge < -0.3 is 11.1 Å². The Morgan fingerprint density at radius 2 is 1.52 bits per heavy atom. The van der Waals surface area contributed by atoms with E-state index < -0.39 is 0 Å². The first-order chi connectivity index (χ1) is 12.4. The highest BCUT2D eigenvalue weighted by molar-refractivity contribution is 5.85. The highest BCUT2D eigenvalue weighted by Crippen LogP contribution is 2.12. The molecule has 0 amide bonds. The van der Waals surface area contributed by atoms with Crippen molar-refractivity contribution in [2.75, 3.05) is 13.1 Å². The molecule has 0 bridgehead atoms. The lowest BCUT2D eigenvalue weighted by atomic mass is 10.0. The number of rotatable bonds is 17. The quantitative estimate of drug-likeness (QED) is 0.260. The summed E-state index contributed by atoms with van der Waals surface area (Å²) < 4.78 is 0. The van der Waals surface area contributed by atoms with Gasteiger partial charge in [-0.15, -0.1) is 0 Å². The van der Waals surface area contributed by atoms with Gasteiger partial charge in [0.25, 0.3) is 0 Å². The van der Waals surface area contributed by atoms with Gasteiger partial charge >= 0.3 is 0 Å². The van der Waals surface area contributed by atoms with Crippen molar-refractivity contribution in [2.24, 2.45) is 10.7 Å². The van der Waals surface area contributed by atoms with Crippen molar-refractivity contribution < 1.29 is 0 Å². The molecule has 0 radical (unpaired) electrons. The first kappa shape index (κ1) is 22.2. The molecule has 0 saturated heterocycles. The average molecular weight is 350 g/mol. The molecule has 0 spiro atoms. The molecule has 3 N–H and O–H groups in total. The number of unbranched alkanes of at least 4 members (excludes halogenated alkanes) is 12. The minimum Gasteiger partial charge on any atom is -0.371 e. The standard InChI is InChI=1S/C22H43N3/c1-2-3-4-5-6-7-8-9-10-11-12-13-14-15-16-17-22-24-20-21(25-22)18-19-23/h15-16,21H,2-14,17-20,23H2,1H3,(H,24,25).